The molecule has 19 heavy (non-hydrogen) atoms. The summed E-state index contributed by atoms with van der Waals surface area (Å²) in [5, 5.41) is 0. The molecule has 0 saturated carbocycles. The van der Waals surface area contributed by atoms with Crippen LogP contribution in [0.3, 0.4) is 0 Å². The zero-order chi connectivity index (χ0) is 13.4. The van der Waals surface area contributed by atoms with Gasteiger partial charge in [-0.1, -0.05) is 13.0 Å². The van der Waals surface area contributed by atoms with Crippen LogP contribution in [0.2, 0.25) is 0 Å². The zero-order valence-electron chi connectivity index (χ0n) is 10.8. The van der Waals surface area contributed by atoms with Gasteiger partial charge in [-0.2, -0.15) is 0 Å². The highest BCUT2D eigenvalue weighted by molar-refractivity contribution is 5.75. The molecule has 0 bridgehead atoms. The summed E-state index contributed by atoms with van der Waals surface area (Å²) in [4.78, 5) is 23.3. The minimum Gasteiger partial charge on any atom is -0.346 e. The van der Waals surface area contributed by atoms with Crippen molar-refractivity contribution in [2.24, 2.45) is 0 Å². The Morgan fingerprint density at radius 3 is 2.89 bits per heavy atom. The zero-order valence-corrected chi connectivity index (χ0v) is 10.8. The number of aldehydes is 1. The largest absolute Gasteiger partial charge is 0.346 e. The number of carbonyl (C=O) groups excluding carboxylic acids is 1. The van der Waals surface area contributed by atoms with Gasteiger partial charge in [-0.05, 0) is 19.1 Å². The van der Waals surface area contributed by atoms with Crippen LogP contribution in [0.15, 0.2) is 24.4 Å². The summed E-state index contributed by atoms with van der Waals surface area (Å²) in [7, 11) is 0. The summed E-state index contributed by atoms with van der Waals surface area (Å²) >= 11 is 0. The lowest BCUT2D eigenvalue weighted by Gasteiger charge is -1.94. The summed E-state index contributed by atoms with van der Waals surface area (Å²) in [5.41, 5.74) is 3.95. The summed E-state index contributed by atoms with van der Waals surface area (Å²) in [6, 6.07) is 5.46. The number of H-pyrrole nitrogens is 1. The van der Waals surface area contributed by atoms with E-state index in [2.05, 4.69) is 21.9 Å². The molecule has 0 aromatic carbocycles. The van der Waals surface area contributed by atoms with Gasteiger partial charge < -0.3 is 4.98 Å². The Balaban J connectivity index is 2.20. The number of pyridine rings is 1. The van der Waals surface area contributed by atoms with Crippen LogP contribution in [0.25, 0.3) is 17.0 Å². The molecule has 3 aromatic rings. The van der Waals surface area contributed by atoms with Gasteiger partial charge in [0, 0.05) is 18.3 Å². The van der Waals surface area contributed by atoms with E-state index in [1.807, 2.05) is 25.3 Å². The van der Waals surface area contributed by atoms with E-state index >= 15 is 0 Å². The maximum atomic E-state index is 11.0. The third-order valence-corrected chi connectivity index (χ3v) is 3.16. The number of rotatable bonds is 3. The smallest absolute Gasteiger partial charge is 0.166 e. The molecule has 0 spiro atoms. The normalized spacial score (nSPS) is 11.1. The molecule has 5 heteroatoms. The van der Waals surface area contributed by atoms with Crippen molar-refractivity contribution in [1.29, 1.82) is 0 Å². The fraction of sp³-hybridized carbons (Fsp3) is 0.214. The molecule has 0 aliphatic heterocycles. The van der Waals surface area contributed by atoms with E-state index in [1.165, 1.54) is 0 Å². The number of aryl methyl sites for hydroxylation is 2. The van der Waals surface area contributed by atoms with Gasteiger partial charge in [0.25, 0.3) is 0 Å². The number of aromatic amines is 1. The predicted molar refractivity (Wildman–Crippen MR) is 72.3 cm³/mol. The molecule has 0 atom stereocenters. The molecule has 3 rings (SSSR count). The van der Waals surface area contributed by atoms with Crippen molar-refractivity contribution in [2.45, 2.75) is 20.3 Å². The van der Waals surface area contributed by atoms with Gasteiger partial charge in [0.15, 0.2) is 6.29 Å². The summed E-state index contributed by atoms with van der Waals surface area (Å²) in [6.45, 7) is 4.03. The first-order valence-electron chi connectivity index (χ1n) is 6.22. The van der Waals surface area contributed by atoms with Gasteiger partial charge >= 0.3 is 0 Å². The molecule has 0 aliphatic carbocycles. The first-order chi connectivity index (χ1) is 9.22. The van der Waals surface area contributed by atoms with Gasteiger partial charge in [0.2, 0.25) is 0 Å². The average Bonchev–Trinajstić information content (AvgIpc) is 3.00. The molecule has 0 saturated heterocycles. The van der Waals surface area contributed by atoms with Gasteiger partial charge in [-0.15, -0.1) is 0 Å². The Morgan fingerprint density at radius 1 is 1.37 bits per heavy atom. The molecule has 0 aliphatic rings. The number of imidazole rings is 2. The van der Waals surface area contributed by atoms with Gasteiger partial charge in [0.05, 0.1) is 5.69 Å². The van der Waals surface area contributed by atoms with E-state index in [-0.39, 0.29) is 0 Å². The number of aromatic nitrogens is 4. The molecule has 0 radical (unpaired) electrons. The van der Waals surface area contributed by atoms with Crippen molar-refractivity contribution < 1.29 is 4.79 Å². The van der Waals surface area contributed by atoms with E-state index in [1.54, 1.807) is 10.5 Å². The molecule has 3 aromatic heterocycles. The second-order valence-electron chi connectivity index (χ2n) is 4.43. The SMILES string of the molecule is CCc1nc(-c2cn3c(C=O)cccc3n2)c(C)[nH]1. The second-order valence-corrected chi connectivity index (χ2v) is 4.43. The van der Waals surface area contributed by atoms with Crippen molar-refractivity contribution >= 4 is 11.9 Å². The molecular weight excluding hydrogens is 240 g/mol. The third-order valence-electron chi connectivity index (χ3n) is 3.16. The highest BCUT2D eigenvalue weighted by Gasteiger charge is 2.12. The minimum absolute atomic E-state index is 0.583. The third kappa shape index (κ3) is 1.83. The summed E-state index contributed by atoms with van der Waals surface area (Å²) in [5.74, 6) is 0.945. The Morgan fingerprint density at radius 2 is 2.21 bits per heavy atom. The second kappa shape index (κ2) is 4.35. The maximum Gasteiger partial charge on any atom is 0.166 e. The minimum atomic E-state index is 0.583. The molecule has 0 unspecified atom stereocenters. The molecule has 96 valence electrons. The van der Waals surface area contributed by atoms with E-state index in [0.29, 0.717) is 5.69 Å². The molecule has 5 nitrogen and oxygen atoms in total. The van der Waals surface area contributed by atoms with E-state index < -0.39 is 0 Å². The number of fused-ring (bicyclic) bond motifs is 1. The lowest BCUT2D eigenvalue weighted by Crippen LogP contribution is -1.91. The van der Waals surface area contributed by atoms with Crippen LogP contribution >= 0.6 is 0 Å². The molecule has 1 N–H and O–H groups in total. The van der Waals surface area contributed by atoms with Crippen LogP contribution in [-0.2, 0) is 6.42 Å². The van der Waals surface area contributed by atoms with Crippen molar-refractivity contribution in [3.63, 3.8) is 0 Å². The Hall–Kier alpha value is -2.43. The molecule has 0 amide bonds. The molecular formula is C14H14N4O. The lowest BCUT2D eigenvalue weighted by molar-refractivity contribution is 0.111. The van der Waals surface area contributed by atoms with Crippen molar-refractivity contribution in [3.05, 3.63) is 41.6 Å². The first-order valence-corrected chi connectivity index (χ1v) is 6.22. The highest BCUT2D eigenvalue weighted by atomic mass is 16.1. The van der Waals surface area contributed by atoms with Crippen LogP contribution in [0, 0.1) is 6.92 Å². The van der Waals surface area contributed by atoms with Crippen LogP contribution in [0.5, 0.6) is 0 Å². The van der Waals surface area contributed by atoms with Crippen molar-refractivity contribution in [2.75, 3.05) is 0 Å². The summed E-state index contributed by atoms with van der Waals surface area (Å²) in [6.07, 6.45) is 3.53. The fourth-order valence-corrected chi connectivity index (χ4v) is 2.18. The number of hydrogen-bond donors (Lipinski definition) is 1. The Kier molecular flexibility index (Phi) is 2.67. The van der Waals surface area contributed by atoms with Crippen molar-refractivity contribution in [3.8, 4) is 11.4 Å². The predicted octanol–water partition coefficient (Wildman–Crippen LogP) is 2.41. The Labute approximate surface area is 110 Å². The van der Waals surface area contributed by atoms with Crippen molar-refractivity contribution in [1.82, 2.24) is 19.4 Å². The monoisotopic (exact) mass is 254 g/mol. The van der Waals surface area contributed by atoms with Gasteiger partial charge in [0.1, 0.15) is 22.9 Å². The van der Waals surface area contributed by atoms with E-state index in [0.717, 1.165) is 41.3 Å². The van der Waals surface area contributed by atoms with Gasteiger partial charge in [-0.3, -0.25) is 9.20 Å². The highest BCUT2D eigenvalue weighted by Crippen LogP contribution is 2.21. The Bertz CT molecular complexity index is 754. The van der Waals surface area contributed by atoms with Crippen LogP contribution < -0.4 is 0 Å². The van der Waals surface area contributed by atoms with Crippen LogP contribution in [0.1, 0.15) is 28.9 Å². The maximum absolute atomic E-state index is 11.0. The number of hydrogen-bond acceptors (Lipinski definition) is 3. The van der Waals surface area contributed by atoms with E-state index in [4.69, 9.17) is 0 Å². The van der Waals surface area contributed by atoms with Gasteiger partial charge in [-0.25, -0.2) is 9.97 Å². The quantitative estimate of drug-likeness (QED) is 0.730. The molecule has 3 heterocycles. The standard InChI is InChI=1S/C14H14N4O/c1-3-12-15-9(2)14(17-12)11-7-18-10(8-19)5-4-6-13(18)16-11/h4-8H,3H2,1-2H3,(H,15,17). The number of nitrogens with one attached hydrogen (secondary N) is 1. The first kappa shape index (κ1) is 11.6. The number of carbonyl (C=O) groups is 1. The topological polar surface area (TPSA) is 63.1 Å². The van der Waals surface area contributed by atoms with Crippen LogP contribution in [0.4, 0.5) is 0 Å². The van der Waals surface area contributed by atoms with E-state index in [9.17, 15) is 4.79 Å². The summed E-state index contributed by atoms with van der Waals surface area (Å²) < 4.78 is 1.78. The number of nitrogens with zero attached hydrogens (tertiary/aromatic N) is 3. The fourth-order valence-electron chi connectivity index (χ4n) is 2.18. The lowest BCUT2D eigenvalue weighted by atomic mass is 10.3. The average molecular weight is 254 g/mol. The molecule has 0 fully saturated rings. The van der Waals surface area contributed by atoms with Crippen LogP contribution in [-0.4, -0.2) is 25.6 Å².